The van der Waals surface area contributed by atoms with Gasteiger partial charge in [-0.3, -0.25) is 4.79 Å². The van der Waals surface area contributed by atoms with Gasteiger partial charge in [0.1, 0.15) is 9.39 Å². The summed E-state index contributed by atoms with van der Waals surface area (Å²) in [7, 11) is 0. The van der Waals surface area contributed by atoms with Crippen LogP contribution in [0.3, 0.4) is 0 Å². The number of aromatic amines is 1. The molecule has 1 aromatic rings. The lowest BCUT2D eigenvalue weighted by atomic mass is 10.1. The number of nitrogens with zero attached hydrogens (tertiary/aromatic N) is 1. The van der Waals surface area contributed by atoms with Crippen LogP contribution in [0.5, 0.6) is 0 Å². The van der Waals surface area contributed by atoms with Gasteiger partial charge in [0.15, 0.2) is 0 Å². The van der Waals surface area contributed by atoms with E-state index in [1.54, 1.807) is 0 Å². The zero-order chi connectivity index (χ0) is 10.9. The number of aromatic nitrogens is 2. The van der Waals surface area contributed by atoms with Crippen LogP contribution in [-0.4, -0.2) is 28.2 Å². The molecule has 5 nitrogen and oxygen atoms in total. The number of aliphatic hydroxyl groups is 1. The number of hydrogen-bond acceptors (Lipinski definition) is 4. The van der Waals surface area contributed by atoms with Crippen LogP contribution in [-0.2, 0) is 0 Å². The van der Waals surface area contributed by atoms with Crippen molar-refractivity contribution in [1.29, 1.82) is 0 Å². The van der Waals surface area contributed by atoms with Gasteiger partial charge >= 0.3 is 0 Å². The summed E-state index contributed by atoms with van der Waals surface area (Å²) in [5.74, 6) is 0.596. The second-order valence-electron chi connectivity index (χ2n) is 3.91. The van der Waals surface area contributed by atoms with Gasteiger partial charge in [0, 0.05) is 12.0 Å². The maximum Gasteiger partial charge on any atom is 0.266 e. The van der Waals surface area contributed by atoms with Crippen molar-refractivity contribution >= 4 is 28.4 Å². The van der Waals surface area contributed by atoms with E-state index in [0.717, 1.165) is 12.8 Å². The fourth-order valence-electron chi connectivity index (χ4n) is 1.35. The highest BCUT2D eigenvalue weighted by molar-refractivity contribution is 14.1. The van der Waals surface area contributed by atoms with Crippen molar-refractivity contribution in [3.63, 3.8) is 0 Å². The molecular formula is C9H12IN3O2. The Bertz CT molecular complexity index is 414. The van der Waals surface area contributed by atoms with Gasteiger partial charge < -0.3 is 15.4 Å². The Balaban J connectivity index is 2.05. The van der Waals surface area contributed by atoms with Gasteiger partial charge in [-0.05, 0) is 35.4 Å². The summed E-state index contributed by atoms with van der Waals surface area (Å²) in [6, 6.07) is 0. The molecule has 0 atom stereocenters. The molecule has 1 aliphatic carbocycles. The lowest BCUT2D eigenvalue weighted by Gasteiger charge is -2.13. The van der Waals surface area contributed by atoms with Crippen LogP contribution in [0.4, 0.5) is 5.82 Å². The van der Waals surface area contributed by atoms with E-state index in [1.807, 2.05) is 22.6 Å². The Kier molecular flexibility index (Phi) is 2.96. The maximum atomic E-state index is 11.3. The average Bonchev–Trinajstić information content (AvgIpc) is 3.01. The normalized spacial score (nSPS) is 17.5. The minimum Gasteiger partial charge on any atom is -0.396 e. The van der Waals surface area contributed by atoms with Gasteiger partial charge in [-0.1, -0.05) is 0 Å². The molecule has 1 fully saturated rings. The van der Waals surface area contributed by atoms with Crippen molar-refractivity contribution in [2.75, 3.05) is 18.5 Å². The topological polar surface area (TPSA) is 78.0 Å². The molecule has 1 aliphatic rings. The molecule has 0 amide bonds. The number of aliphatic hydroxyl groups excluding tert-OH is 1. The van der Waals surface area contributed by atoms with E-state index in [0.29, 0.717) is 15.9 Å². The Morgan fingerprint density at radius 1 is 1.67 bits per heavy atom. The van der Waals surface area contributed by atoms with Gasteiger partial charge in [-0.25, -0.2) is 4.98 Å². The minimum atomic E-state index is -0.137. The first-order chi connectivity index (χ1) is 7.17. The fraction of sp³-hybridized carbons (Fsp3) is 0.556. The number of rotatable bonds is 4. The van der Waals surface area contributed by atoms with Crippen molar-refractivity contribution in [2.24, 2.45) is 5.41 Å². The van der Waals surface area contributed by atoms with Crippen molar-refractivity contribution in [3.05, 3.63) is 20.3 Å². The standard InChI is InChI=1S/C9H12IN3O2/c10-6-7(12-5-13-8(6)15)11-3-9(4-14)1-2-9/h5,14H,1-4H2,(H2,11,12,13,15). The zero-order valence-corrected chi connectivity index (χ0v) is 10.2. The lowest BCUT2D eigenvalue weighted by molar-refractivity contribution is 0.219. The van der Waals surface area contributed by atoms with Crippen LogP contribution in [0.2, 0.25) is 0 Å². The van der Waals surface area contributed by atoms with Crippen molar-refractivity contribution in [2.45, 2.75) is 12.8 Å². The third kappa shape index (κ3) is 2.31. The molecule has 0 unspecified atom stereocenters. The minimum absolute atomic E-state index is 0.0212. The lowest BCUT2D eigenvalue weighted by Crippen LogP contribution is -2.22. The van der Waals surface area contributed by atoms with Gasteiger partial charge in [-0.2, -0.15) is 0 Å². The maximum absolute atomic E-state index is 11.3. The Morgan fingerprint density at radius 2 is 2.40 bits per heavy atom. The third-order valence-corrected chi connectivity index (χ3v) is 3.72. The quantitative estimate of drug-likeness (QED) is 0.708. The van der Waals surface area contributed by atoms with E-state index in [-0.39, 0.29) is 17.6 Å². The molecular weight excluding hydrogens is 309 g/mol. The van der Waals surface area contributed by atoms with Crippen molar-refractivity contribution < 1.29 is 5.11 Å². The summed E-state index contributed by atoms with van der Waals surface area (Å²) in [5, 5.41) is 12.2. The summed E-state index contributed by atoms with van der Waals surface area (Å²) in [4.78, 5) is 17.8. The van der Waals surface area contributed by atoms with Crippen LogP contribution in [0.15, 0.2) is 11.1 Å². The van der Waals surface area contributed by atoms with E-state index >= 15 is 0 Å². The SMILES string of the molecule is O=c1[nH]cnc(NCC2(CO)CC2)c1I. The number of hydrogen-bond donors (Lipinski definition) is 3. The molecule has 2 rings (SSSR count). The van der Waals surface area contributed by atoms with Crippen LogP contribution in [0, 0.1) is 8.99 Å². The summed E-state index contributed by atoms with van der Waals surface area (Å²) < 4.78 is 0.559. The van der Waals surface area contributed by atoms with Gasteiger partial charge in [0.25, 0.3) is 5.56 Å². The predicted molar refractivity (Wildman–Crippen MR) is 64.8 cm³/mol. The van der Waals surface area contributed by atoms with E-state index in [9.17, 15) is 4.79 Å². The molecule has 0 aliphatic heterocycles. The van der Waals surface area contributed by atoms with Gasteiger partial charge in [0.05, 0.1) is 12.9 Å². The first-order valence-corrected chi connectivity index (χ1v) is 5.83. The van der Waals surface area contributed by atoms with E-state index < -0.39 is 0 Å². The first-order valence-electron chi connectivity index (χ1n) is 4.75. The Labute approximate surface area is 100 Å². The summed E-state index contributed by atoms with van der Waals surface area (Å²) in [6.07, 6.45) is 3.46. The van der Waals surface area contributed by atoms with Crippen LogP contribution >= 0.6 is 22.6 Å². The fourth-order valence-corrected chi connectivity index (χ4v) is 1.83. The molecule has 3 N–H and O–H groups in total. The molecule has 6 heteroatoms. The van der Waals surface area contributed by atoms with Crippen molar-refractivity contribution in [3.8, 4) is 0 Å². The van der Waals surface area contributed by atoms with Crippen molar-refractivity contribution in [1.82, 2.24) is 9.97 Å². The highest BCUT2D eigenvalue weighted by Gasteiger charge is 2.41. The van der Waals surface area contributed by atoms with Crippen LogP contribution < -0.4 is 10.9 Å². The molecule has 1 aromatic heterocycles. The Hall–Kier alpha value is -0.630. The van der Waals surface area contributed by atoms with E-state index in [4.69, 9.17) is 5.11 Å². The molecule has 0 aromatic carbocycles. The molecule has 15 heavy (non-hydrogen) atoms. The first kappa shape index (κ1) is 10.9. The van der Waals surface area contributed by atoms with Gasteiger partial charge in [0.2, 0.25) is 0 Å². The number of anilines is 1. The smallest absolute Gasteiger partial charge is 0.266 e. The molecule has 82 valence electrons. The second kappa shape index (κ2) is 4.09. The summed E-state index contributed by atoms with van der Waals surface area (Å²) >= 11 is 1.96. The molecule has 1 saturated carbocycles. The second-order valence-corrected chi connectivity index (χ2v) is 4.98. The number of halogens is 1. The summed E-state index contributed by atoms with van der Waals surface area (Å²) in [6.45, 7) is 0.871. The predicted octanol–water partition coefficient (Wildman–Crippen LogP) is 0.559. The Morgan fingerprint density at radius 3 is 3.00 bits per heavy atom. The zero-order valence-electron chi connectivity index (χ0n) is 8.09. The van der Waals surface area contributed by atoms with E-state index in [1.165, 1.54) is 6.33 Å². The highest BCUT2D eigenvalue weighted by Crippen LogP contribution is 2.44. The molecule has 0 radical (unpaired) electrons. The molecule has 1 heterocycles. The molecule has 0 saturated heterocycles. The molecule has 0 bridgehead atoms. The van der Waals surface area contributed by atoms with Gasteiger partial charge in [-0.15, -0.1) is 0 Å². The van der Waals surface area contributed by atoms with Crippen LogP contribution in [0.1, 0.15) is 12.8 Å². The number of H-pyrrole nitrogens is 1. The highest BCUT2D eigenvalue weighted by atomic mass is 127. The average molecular weight is 321 g/mol. The molecule has 0 spiro atoms. The largest absolute Gasteiger partial charge is 0.396 e. The number of nitrogens with one attached hydrogen (secondary N) is 2. The van der Waals surface area contributed by atoms with E-state index in [2.05, 4.69) is 15.3 Å². The third-order valence-electron chi connectivity index (χ3n) is 2.72. The van der Waals surface area contributed by atoms with Crippen LogP contribution in [0.25, 0.3) is 0 Å². The summed E-state index contributed by atoms with van der Waals surface area (Å²) in [5.41, 5.74) is -0.116. The monoisotopic (exact) mass is 321 g/mol.